The summed E-state index contributed by atoms with van der Waals surface area (Å²) in [4.78, 5) is 28.0. The zero-order valence-electron chi connectivity index (χ0n) is 14.1. The summed E-state index contributed by atoms with van der Waals surface area (Å²) in [7, 11) is 3.02. The van der Waals surface area contributed by atoms with Gasteiger partial charge in [0, 0.05) is 25.9 Å². The van der Waals surface area contributed by atoms with Crippen molar-refractivity contribution >= 4 is 34.3 Å². The second kappa shape index (κ2) is 6.68. The summed E-state index contributed by atoms with van der Waals surface area (Å²) in [6.07, 6.45) is 1.71. The molecule has 23 heavy (non-hydrogen) atoms. The second-order valence-corrected chi connectivity index (χ2v) is 5.83. The molecule has 0 aliphatic heterocycles. The smallest absolute Gasteiger partial charge is 0.356 e. The van der Waals surface area contributed by atoms with Crippen LogP contribution >= 0.6 is 0 Å². The maximum Gasteiger partial charge on any atom is 0.356 e. The molecule has 2 rings (SSSR count). The number of anilines is 2. The number of amides is 1. The standard InChI is InChI=1S/C16H22N4O3/c1-9(2)7-17-11-6-12-13(19-10(3)21)14(16(22)23-5)20(4)15(12)18-8-11/h6,8-9,17H,7H2,1-5H3,(H,19,21). The van der Waals surface area contributed by atoms with Crippen LogP contribution in [0.25, 0.3) is 11.0 Å². The summed E-state index contributed by atoms with van der Waals surface area (Å²) in [5.41, 5.74) is 2.12. The lowest BCUT2D eigenvalue weighted by molar-refractivity contribution is -0.114. The Bertz CT molecular complexity index is 749. The predicted molar refractivity (Wildman–Crippen MR) is 89.7 cm³/mol. The van der Waals surface area contributed by atoms with E-state index in [1.54, 1.807) is 17.8 Å². The average Bonchev–Trinajstić information content (AvgIpc) is 2.76. The normalized spacial score (nSPS) is 10.9. The van der Waals surface area contributed by atoms with E-state index in [0.717, 1.165) is 12.2 Å². The van der Waals surface area contributed by atoms with Crippen LogP contribution in [0.2, 0.25) is 0 Å². The Labute approximate surface area is 135 Å². The lowest BCUT2D eigenvalue weighted by Crippen LogP contribution is -2.13. The van der Waals surface area contributed by atoms with Gasteiger partial charge in [0.25, 0.3) is 0 Å². The minimum atomic E-state index is -0.522. The number of esters is 1. The Balaban J connectivity index is 2.59. The van der Waals surface area contributed by atoms with Gasteiger partial charge in [-0.2, -0.15) is 0 Å². The maximum absolute atomic E-state index is 12.1. The second-order valence-electron chi connectivity index (χ2n) is 5.83. The molecule has 0 radical (unpaired) electrons. The number of carbonyl (C=O) groups excluding carboxylic acids is 2. The molecule has 7 nitrogen and oxygen atoms in total. The number of fused-ring (bicyclic) bond motifs is 1. The number of methoxy groups -OCH3 is 1. The summed E-state index contributed by atoms with van der Waals surface area (Å²) in [5.74, 6) is -0.295. The lowest BCUT2D eigenvalue weighted by Gasteiger charge is -2.09. The fourth-order valence-electron chi connectivity index (χ4n) is 2.37. The third-order valence-electron chi connectivity index (χ3n) is 3.42. The van der Waals surface area contributed by atoms with Crippen LogP contribution in [-0.2, 0) is 16.6 Å². The number of nitrogens with zero attached hydrogens (tertiary/aromatic N) is 2. The van der Waals surface area contributed by atoms with Crippen molar-refractivity contribution in [2.45, 2.75) is 20.8 Å². The van der Waals surface area contributed by atoms with E-state index in [9.17, 15) is 9.59 Å². The van der Waals surface area contributed by atoms with E-state index >= 15 is 0 Å². The Morgan fingerprint density at radius 1 is 1.39 bits per heavy atom. The van der Waals surface area contributed by atoms with Crippen LogP contribution in [0, 0.1) is 5.92 Å². The van der Waals surface area contributed by atoms with Gasteiger partial charge in [0.1, 0.15) is 5.65 Å². The third kappa shape index (κ3) is 3.44. The first-order chi connectivity index (χ1) is 10.8. The van der Waals surface area contributed by atoms with Crippen molar-refractivity contribution in [3.63, 3.8) is 0 Å². The Kier molecular flexibility index (Phi) is 4.88. The van der Waals surface area contributed by atoms with Crippen molar-refractivity contribution in [3.05, 3.63) is 18.0 Å². The van der Waals surface area contributed by atoms with Crippen molar-refractivity contribution in [1.82, 2.24) is 9.55 Å². The van der Waals surface area contributed by atoms with Gasteiger partial charge in [0.2, 0.25) is 5.91 Å². The fourth-order valence-corrected chi connectivity index (χ4v) is 2.37. The third-order valence-corrected chi connectivity index (χ3v) is 3.42. The summed E-state index contributed by atoms with van der Waals surface area (Å²) in [6, 6.07) is 1.88. The van der Waals surface area contributed by atoms with Crippen LogP contribution in [0.15, 0.2) is 12.3 Å². The predicted octanol–water partition coefficient (Wildman–Crippen LogP) is 2.39. The molecule has 0 saturated heterocycles. The maximum atomic E-state index is 12.1. The highest BCUT2D eigenvalue weighted by molar-refractivity contribution is 6.10. The van der Waals surface area contributed by atoms with Gasteiger partial charge in [0.15, 0.2) is 5.69 Å². The number of aryl methyl sites for hydroxylation is 1. The topological polar surface area (TPSA) is 85.2 Å². The number of hydrogen-bond donors (Lipinski definition) is 2. The summed E-state index contributed by atoms with van der Waals surface area (Å²) in [5, 5.41) is 6.70. The van der Waals surface area contributed by atoms with Crippen LogP contribution in [0.3, 0.4) is 0 Å². The molecule has 0 atom stereocenters. The molecule has 2 aromatic heterocycles. The number of carbonyl (C=O) groups is 2. The van der Waals surface area contributed by atoms with Gasteiger partial charge in [0.05, 0.1) is 24.7 Å². The molecule has 0 unspecified atom stereocenters. The summed E-state index contributed by atoms with van der Waals surface area (Å²) < 4.78 is 6.45. The van der Waals surface area contributed by atoms with Gasteiger partial charge in [-0.25, -0.2) is 9.78 Å². The largest absolute Gasteiger partial charge is 0.464 e. The number of rotatable bonds is 5. The number of nitrogens with one attached hydrogen (secondary N) is 2. The Morgan fingerprint density at radius 2 is 2.09 bits per heavy atom. The van der Waals surface area contributed by atoms with Crippen LogP contribution in [0.1, 0.15) is 31.3 Å². The van der Waals surface area contributed by atoms with E-state index in [4.69, 9.17) is 4.74 Å². The number of ether oxygens (including phenoxy) is 1. The molecular formula is C16H22N4O3. The van der Waals surface area contributed by atoms with Gasteiger partial charge < -0.3 is 19.9 Å². The zero-order valence-corrected chi connectivity index (χ0v) is 14.1. The minimum absolute atomic E-state index is 0.261. The molecule has 0 aliphatic carbocycles. The molecule has 2 aromatic rings. The van der Waals surface area contributed by atoms with Crippen molar-refractivity contribution in [3.8, 4) is 0 Å². The van der Waals surface area contributed by atoms with Gasteiger partial charge >= 0.3 is 5.97 Å². The van der Waals surface area contributed by atoms with Gasteiger partial charge in [-0.05, 0) is 12.0 Å². The Morgan fingerprint density at radius 3 is 2.65 bits per heavy atom. The highest BCUT2D eigenvalue weighted by atomic mass is 16.5. The summed E-state index contributed by atoms with van der Waals surface area (Å²) >= 11 is 0. The molecular weight excluding hydrogens is 296 g/mol. The van der Waals surface area contributed by atoms with Gasteiger partial charge in [-0.1, -0.05) is 13.8 Å². The first-order valence-electron chi connectivity index (χ1n) is 7.43. The molecule has 7 heteroatoms. The van der Waals surface area contributed by atoms with Crippen molar-refractivity contribution < 1.29 is 14.3 Å². The summed E-state index contributed by atoms with van der Waals surface area (Å²) in [6.45, 7) is 6.42. The average molecular weight is 318 g/mol. The molecule has 0 saturated carbocycles. The van der Waals surface area contributed by atoms with E-state index in [-0.39, 0.29) is 11.6 Å². The van der Waals surface area contributed by atoms with Crippen molar-refractivity contribution in [1.29, 1.82) is 0 Å². The lowest BCUT2D eigenvalue weighted by atomic mass is 10.2. The van der Waals surface area contributed by atoms with E-state index in [0.29, 0.717) is 22.6 Å². The van der Waals surface area contributed by atoms with E-state index < -0.39 is 5.97 Å². The van der Waals surface area contributed by atoms with E-state index in [1.807, 2.05) is 6.07 Å². The van der Waals surface area contributed by atoms with Crippen LogP contribution in [0.4, 0.5) is 11.4 Å². The van der Waals surface area contributed by atoms with Crippen LogP contribution < -0.4 is 10.6 Å². The quantitative estimate of drug-likeness (QED) is 0.827. The minimum Gasteiger partial charge on any atom is -0.464 e. The molecule has 0 aliphatic rings. The molecule has 0 bridgehead atoms. The Hall–Kier alpha value is -2.57. The molecule has 0 aromatic carbocycles. The molecule has 1 amide bonds. The fraction of sp³-hybridized carbons (Fsp3) is 0.438. The SMILES string of the molecule is COC(=O)c1c(NC(C)=O)c2cc(NCC(C)C)cnc2n1C. The number of hydrogen-bond acceptors (Lipinski definition) is 5. The van der Waals surface area contributed by atoms with Crippen LogP contribution in [-0.4, -0.2) is 35.1 Å². The van der Waals surface area contributed by atoms with Gasteiger partial charge in [-0.15, -0.1) is 0 Å². The molecule has 2 N–H and O–H groups in total. The zero-order chi connectivity index (χ0) is 17.1. The molecule has 2 heterocycles. The highest BCUT2D eigenvalue weighted by Crippen LogP contribution is 2.31. The van der Waals surface area contributed by atoms with Crippen molar-refractivity contribution in [2.24, 2.45) is 13.0 Å². The molecule has 0 fully saturated rings. The van der Waals surface area contributed by atoms with Gasteiger partial charge in [-0.3, -0.25) is 4.79 Å². The highest BCUT2D eigenvalue weighted by Gasteiger charge is 2.23. The van der Waals surface area contributed by atoms with Crippen LogP contribution in [0.5, 0.6) is 0 Å². The molecule has 0 spiro atoms. The van der Waals surface area contributed by atoms with E-state index in [1.165, 1.54) is 14.0 Å². The number of aromatic nitrogens is 2. The van der Waals surface area contributed by atoms with E-state index in [2.05, 4.69) is 29.5 Å². The monoisotopic (exact) mass is 318 g/mol. The first kappa shape index (κ1) is 16.8. The molecule has 124 valence electrons. The van der Waals surface area contributed by atoms with Crippen molar-refractivity contribution in [2.75, 3.05) is 24.3 Å². The number of pyridine rings is 1. The first-order valence-corrected chi connectivity index (χ1v) is 7.43.